The summed E-state index contributed by atoms with van der Waals surface area (Å²) in [6, 6.07) is 16.3. The smallest absolute Gasteiger partial charge is 0.0991 e. The first-order chi connectivity index (χ1) is 8.19. The summed E-state index contributed by atoms with van der Waals surface area (Å²) < 4.78 is 1.14. The minimum atomic E-state index is 0.709. The zero-order valence-electron chi connectivity index (χ0n) is 9.57. The third kappa shape index (κ3) is 2.95. The second kappa shape index (κ2) is 5.16. The van der Waals surface area contributed by atoms with Crippen molar-refractivity contribution in [1.82, 2.24) is 0 Å². The molecule has 0 bridgehead atoms. The fraction of sp³-hybridized carbons (Fsp3) is 0.133. The molecule has 0 saturated carbocycles. The normalized spacial score (nSPS) is 9.94. The Morgan fingerprint density at radius 2 is 1.71 bits per heavy atom. The lowest BCUT2D eigenvalue weighted by atomic mass is 10.0. The predicted octanol–water partition coefficient (Wildman–Crippen LogP) is 4.22. The van der Waals surface area contributed by atoms with Crippen molar-refractivity contribution in [3.8, 4) is 6.07 Å². The van der Waals surface area contributed by atoms with E-state index in [0.717, 1.165) is 10.9 Å². The maximum absolute atomic E-state index is 8.73. The Morgan fingerprint density at radius 1 is 1.06 bits per heavy atom. The van der Waals surface area contributed by atoms with E-state index >= 15 is 0 Å². The van der Waals surface area contributed by atoms with E-state index < -0.39 is 0 Å². The number of halogens is 1. The highest BCUT2D eigenvalue weighted by atomic mass is 79.9. The SMILES string of the molecule is Cc1cc(Cc2ccc(C#N)cc2)ccc1Br. The van der Waals surface area contributed by atoms with Gasteiger partial charge in [-0.05, 0) is 48.2 Å². The molecule has 2 aromatic carbocycles. The number of hydrogen-bond donors (Lipinski definition) is 0. The van der Waals surface area contributed by atoms with E-state index in [1.807, 2.05) is 24.3 Å². The van der Waals surface area contributed by atoms with Crippen LogP contribution in [0.2, 0.25) is 0 Å². The summed E-state index contributed by atoms with van der Waals surface area (Å²) in [4.78, 5) is 0. The van der Waals surface area contributed by atoms with E-state index in [9.17, 15) is 0 Å². The maximum atomic E-state index is 8.73. The molecule has 0 spiro atoms. The van der Waals surface area contributed by atoms with Crippen LogP contribution in [0, 0.1) is 18.3 Å². The van der Waals surface area contributed by atoms with Crippen LogP contribution >= 0.6 is 15.9 Å². The summed E-state index contributed by atoms with van der Waals surface area (Å²) >= 11 is 3.50. The van der Waals surface area contributed by atoms with Crippen molar-refractivity contribution in [1.29, 1.82) is 5.26 Å². The van der Waals surface area contributed by atoms with Crippen molar-refractivity contribution in [2.75, 3.05) is 0 Å². The molecule has 0 N–H and O–H groups in total. The molecular weight excluding hydrogens is 274 g/mol. The average molecular weight is 286 g/mol. The van der Waals surface area contributed by atoms with Gasteiger partial charge in [-0.2, -0.15) is 5.26 Å². The predicted molar refractivity (Wildman–Crippen MR) is 72.8 cm³/mol. The molecule has 0 aromatic heterocycles. The molecule has 0 unspecified atom stereocenters. The monoisotopic (exact) mass is 285 g/mol. The first-order valence-corrected chi connectivity index (χ1v) is 6.22. The van der Waals surface area contributed by atoms with Gasteiger partial charge < -0.3 is 0 Å². The minimum absolute atomic E-state index is 0.709. The molecule has 17 heavy (non-hydrogen) atoms. The zero-order valence-corrected chi connectivity index (χ0v) is 11.2. The first kappa shape index (κ1) is 11.9. The first-order valence-electron chi connectivity index (χ1n) is 5.43. The van der Waals surface area contributed by atoms with E-state index in [4.69, 9.17) is 5.26 Å². The van der Waals surface area contributed by atoms with Crippen molar-refractivity contribution in [2.24, 2.45) is 0 Å². The molecule has 0 aliphatic rings. The van der Waals surface area contributed by atoms with E-state index in [1.54, 1.807) is 0 Å². The molecule has 0 aliphatic carbocycles. The van der Waals surface area contributed by atoms with Crippen LogP contribution in [-0.4, -0.2) is 0 Å². The molecule has 2 aromatic rings. The third-order valence-corrected chi connectivity index (χ3v) is 3.60. The van der Waals surface area contributed by atoms with Gasteiger partial charge >= 0.3 is 0 Å². The highest BCUT2D eigenvalue weighted by Gasteiger charge is 1.99. The average Bonchev–Trinajstić information content (AvgIpc) is 2.35. The topological polar surface area (TPSA) is 23.8 Å². The van der Waals surface area contributed by atoms with Crippen LogP contribution in [0.3, 0.4) is 0 Å². The summed E-state index contributed by atoms with van der Waals surface area (Å²) in [5.74, 6) is 0. The van der Waals surface area contributed by atoms with Gasteiger partial charge in [-0.15, -0.1) is 0 Å². The molecule has 2 heteroatoms. The largest absolute Gasteiger partial charge is 0.192 e. The Bertz CT molecular complexity index is 564. The summed E-state index contributed by atoms with van der Waals surface area (Å²) in [5, 5.41) is 8.73. The maximum Gasteiger partial charge on any atom is 0.0991 e. The Labute approximate surface area is 110 Å². The third-order valence-electron chi connectivity index (χ3n) is 2.71. The van der Waals surface area contributed by atoms with Crippen LogP contribution in [0.25, 0.3) is 0 Å². The number of benzene rings is 2. The van der Waals surface area contributed by atoms with Gasteiger partial charge in [0.1, 0.15) is 0 Å². The van der Waals surface area contributed by atoms with Crippen LogP contribution in [0.4, 0.5) is 0 Å². The van der Waals surface area contributed by atoms with Crippen LogP contribution < -0.4 is 0 Å². The van der Waals surface area contributed by atoms with E-state index in [-0.39, 0.29) is 0 Å². The van der Waals surface area contributed by atoms with Gasteiger partial charge in [0.15, 0.2) is 0 Å². The van der Waals surface area contributed by atoms with E-state index in [0.29, 0.717) is 5.56 Å². The molecule has 0 saturated heterocycles. The van der Waals surface area contributed by atoms with Gasteiger partial charge in [-0.25, -0.2) is 0 Å². The lowest BCUT2D eigenvalue weighted by Crippen LogP contribution is -1.89. The van der Waals surface area contributed by atoms with Gasteiger partial charge in [0.25, 0.3) is 0 Å². The highest BCUT2D eigenvalue weighted by molar-refractivity contribution is 9.10. The molecular formula is C15H12BrN. The Balaban J connectivity index is 2.20. The molecule has 0 atom stereocenters. The van der Waals surface area contributed by atoms with Gasteiger partial charge in [-0.3, -0.25) is 0 Å². The molecule has 2 rings (SSSR count). The van der Waals surface area contributed by atoms with Crippen LogP contribution in [0.5, 0.6) is 0 Å². The van der Waals surface area contributed by atoms with Gasteiger partial charge in [-0.1, -0.05) is 40.2 Å². The molecule has 0 heterocycles. The lowest BCUT2D eigenvalue weighted by Gasteiger charge is -2.05. The Hall–Kier alpha value is -1.59. The molecule has 0 fully saturated rings. The van der Waals surface area contributed by atoms with Crippen molar-refractivity contribution in [3.63, 3.8) is 0 Å². The minimum Gasteiger partial charge on any atom is -0.192 e. The highest BCUT2D eigenvalue weighted by Crippen LogP contribution is 2.19. The Kier molecular flexibility index (Phi) is 3.61. The number of nitrogens with zero attached hydrogens (tertiary/aromatic N) is 1. The molecule has 84 valence electrons. The van der Waals surface area contributed by atoms with Crippen LogP contribution in [0.1, 0.15) is 22.3 Å². The fourth-order valence-corrected chi connectivity index (χ4v) is 2.00. The number of hydrogen-bond acceptors (Lipinski definition) is 1. The number of rotatable bonds is 2. The van der Waals surface area contributed by atoms with Gasteiger partial charge in [0.05, 0.1) is 11.6 Å². The number of nitriles is 1. The molecule has 0 aliphatic heterocycles. The molecule has 0 radical (unpaired) electrons. The van der Waals surface area contributed by atoms with Crippen LogP contribution in [0.15, 0.2) is 46.9 Å². The number of aryl methyl sites for hydroxylation is 1. The van der Waals surface area contributed by atoms with Crippen molar-refractivity contribution in [2.45, 2.75) is 13.3 Å². The van der Waals surface area contributed by atoms with Crippen LogP contribution in [-0.2, 0) is 6.42 Å². The van der Waals surface area contributed by atoms with Gasteiger partial charge in [0, 0.05) is 4.47 Å². The fourth-order valence-electron chi connectivity index (χ4n) is 1.75. The molecule has 1 nitrogen and oxygen atoms in total. The van der Waals surface area contributed by atoms with Gasteiger partial charge in [0.2, 0.25) is 0 Å². The zero-order chi connectivity index (χ0) is 12.3. The Morgan fingerprint density at radius 3 is 2.29 bits per heavy atom. The van der Waals surface area contributed by atoms with Crippen molar-refractivity contribution in [3.05, 3.63) is 69.2 Å². The summed E-state index contributed by atoms with van der Waals surface area (Å²) in [6.07, 6.45) is 0.903. The van der Waals surface area contributed by atoms with Crippen molar-refractivity contribution >= 4 is 15.9 Å². The molecule has 0 amide bonds. The second-order valence-electron chi connectivity index (χ2n) is 4.07. The second-order valence-corrected chi connectivity index (χ2v) is 4.92. The lowest BCUT2D eigenvalue weighted by molar-refractivity contribution is 1.17. The van der Waals surface area contributed by atoms with E-state index in [2.05, 4.69) is 47.1 Å². The quantitative estimate of drug-likeness (QED) is 0.810. The van der Waals surface area contributed by atoms with Crippen molar-refractivity contribution < 1.29 is 0 Å². The summed E-state index contributed by atoms with van der Waals surface area (Å²) in [5.41, 5.74) is 4.47. The van der Waals surface area contributed by atoms with E-state index in [1.165, 1.54) is 16.7 Å². The summed E-state index contributed by atoms with van der Waals surface area (Å²) in [6.45, 7) is 2.09. The summed E-state index contributed by atoms with van der Waals surface area (Å²) in [7, 11) is 0. The standard InChI is InChI=1S/C15H12BrN/c1-11-8-14(6-7-15(11)16)9-12-2-4-13(10-17)5-3-12/h2-8H,9H2,1H3.